The van der Waals surface area contributed by atoms with Crippen LogP contribution in [0.25, 0.3) is 0 Å². The molecule has 150 valence electrons. The topological polar surface area (TPSA) is 52.6 Å². The molecule has 7 heteroatoms. The van der Waals surface area contributed by atoms with Gasteiger partial charge in [-0.15, -0.1) is 0 Å². The molecule has 2 fully saturated rings. The Morgan fingerprint density at radius 2 is 1.54 bits per heavy atom. The summed E-state index contributed by atoms with van der Waals surface area (Å²) in [5.74, 6) is -0.311. The number of halogens is 1. The molecule has 0 spiro atoms. The van der Waals surface area contributed by atoms with Crippen LogP contribution in [0.4, 0.5) is 0 Å². The zero-order chi connectivity index (χ0) is 19.2. The highest BCUT2D eigenvalue weighted by atomic mass is 127. The quantitative estimate of drug-likeness (QED) is 0.103. The number of hydrogen-bond acceptors (Lipinski definition) is 4. The van der Waals surface area contributed by atoms with E-state index in [4.69, 9.17) is 9.47 Å². The van der Waals surface area contributed by atoms with Crippen molar-refractivity contribution in [3.05, 3.63) is 12.7 Å². The lowest BCUT2D eigenvalue weighted by molar-refractivity contribution is -0.142. The molecular formula is C19H35IO4Si2. The summed E-state index contributed by atoms with van der Waals surface area (Å²) in [6, 6.07) is 8.80. The van der Waals surface area contributed by atoms with E-state index in [9.17, 15) is 9.59 Å². The molecule has 1 unspecified atom stereocenters. The van der Waals surface area contributed by atoms with E-state index in [0.29, 0.717) is 13.2 Å². The second-order valence-electron chi connectivity index (χ2n) is 7.29. The van der Waals surface area contributed by atoms with Gasteiger partial charge >= 0.3 is 11.9 Å². The second-order valence-corrected chi connectivity index (χ2v) is 15.7. The predicted molar refractivity (Wildman–Crippen MR) is 122 cm³/mol. The number of rotatable bonds is 11. The molecule has 0 aliphatic carbocycles. The fourth-order valence-electron chi connectivity index (χ4n) is 2.97. The Kier molecular flexibility index (Phi) is 13.6. The van der Waals surface area contributed by atoms with Crippen LogP contribution in [0, 0.1) is 0 Å². The maximum absolute atomic E-state index is 11.3. The van der Waals surface area contributed by atoms with Crippen LogP contribution in [0.5, 0.6) is 0 Å². The van der Waals surface area contributed by atoms with Crippen molar-refractivity contribution in [2.75, 3.05) is 13.2 Å². The summed E-state index contributed by atoms with van der Waals surface area (Å²) in [6.07, 6.45) is 7.18. The Balaban J connectivity index is 0.000000263. The molecule has 2 heterocycles. The molecular weight excluding hydrogens is 475 g/mol. The maximum atomic E-state index is 11.3. The summed E-state index contributed by atoms with van der Waals surface area (Å²) >= 11 is 2.15. The first-order chi connectivity index (χ1) is 12.6. The number of carbonyl (C=O) groups excluding carboxylic acids is 2. The molecule has 0 aromatic heterocycles. The Bertz CT molecular complexity index is 426. The van der Waals surface area contributed by atoms with Gasteiger partial charge in [0.25, 0.3) is 0 Å². The average molecular weight is 511 g/mol. The van der Waals surface area contributed by atoms with E-state index in [0.717, 1.165) is 19.3 Å². The molecule has 26 heavy (non-hydrogen) atoms. The van der Waals surface area contributed by atoms with Crippen molar-refractivity contribution in [3.63, 3.8) is 0 Å². The lowest BCUT2D eigenvalue weighted by Gasteiger charge is -2.23. The first-order valence-electron chi connectivity index (χ1n) is 10.2. The van der Waals surface area contributed by atoms with Crippen molar-refractivity contribution in [2.45, 2.75) is 79.2 Å². The molecule has 0 bridgehead atoms. The van der Waals surface area contributed by atoms with E-state index in [2.05, 4.69) is 29.2 Å². The number of ether oxygens (including phenoxy) is 2. The molecule has 0 aromatic carbocycles. The van der Waals surface area contributed by atoms with Gasteiger partial charge in [-0.1, -0.05) is 85.2 Å². The molecule has 4 nitrogen and oxygen atoms in total. The van der Waals surface area contributed by atoms with Crippen LogP contribution >= 0.6 is 22.6 Å². The maximum Gasteiger partial charge on any atom is 0.330 e. The predicted octanol–water partition coefficient (Wildman–Crippen LogP) is 4.50. The minimum absolute atomic E-state index is 0.0247. The van der Waals surface area contributed by atoms with Crippen molar-refractivity contribution in [3.8, 4) is 0 Å². The van der Waals surface area contributed by atoms with Gasteiger partial charge in [0.1, 0.15) is 3.92 Å². The summed E-state index contributed by atoms with van der Waals surface area (Å²) in [7, 11) is -0.579. The molecule has 0 N–H and O–H groups in total. The molecule has 2 aliphatic heterocycles. The highest BCUT2D eigenvalue weighted by molar-refractivity contribution is 14.1. The van der Waals surface area contributed by atoms with E-state index in [1.165, 1.54) is 55.2 Å². The van der Waals surface area contributed by atoms with Crippen molar-refractivity contribution in [1.82, 2.24) is 0 Å². The summed E-state index contributed by atoms with van der Waals surface area (Å²) < 4.78 is 10.1. The smallest absolute Gasteiger partial charge is 0.330 e. The van der Waals surface area contributed by atoms with Crippen LogP contribution in [-0.4, -0.2) is 46.7 Å². The van der Waals surface area contributed by atoms with E-state index in [1.807, 2.05) is 6.92 Å². The summed E-state index contributed by atoms with van der Waals surface area (Å²) in [6.45, 7) is 6.60. The van der Waals surface area contributed by atoms with E-state index in [-0.39, 0.29) is 33.5 Å². The van der Waals surface area contributed by atoms with Crippen LogP contribution in [0.1, 0.15) is 39.0 Å². The second kappa shape index (κ2) is 14.8. The lowest BCUT2D eigenvalue weighted by Crippen LogP contribution is -2.22. The Morgan fingerprint density at radius 1 is 1.04 bits per heavy atom. The minimum atomic E-state index is -0.290. The highest BCUT2D eigenvalue weighted by Crippen LogP contribution is 2.25. The summed E-state index contributed by atoms with van der Waals surface area (Å²) in [4.78, 5) is 21.9. The number of hydrogen-bond donors (Lipinski definition) is 0. The first-order valence-corrected chi connectivity index (χ1v) is 16.3. The molecule has 1 atom stereocenters. The third kappa shape index (κ3) is 10.9. The van der Waals surface area contributed by atoms with E-state index >= 15 is 0 Å². The molecule has 0 amide bonds. The van der Waals surface area contributed by atoms with Crippen LogP contribution in [-0.2, 0) is 19.1 Å². The van der Waals surface area contributed by atoms with Crippen LogP contribution in [0.2, 0.25) is 36.3 Å². The summed E-state index contributed by atoms with van der Waals surface area (Å²) in [5, 5.41) is 0. The van der Waals surface area contributed by atoms with Gasteiger partial charge in [-0.3, -0.25) is 4.79 Å². The normalized spacial score (nSPS) is 17.8. The van der Waals surface area contributed by atoms with Crippen molar-refractivity contribution in [1.29, 1.82) is 0 Å². The van der Waals surface area contributed by atoms with Gasteiger partial charge in [0.2, 0.25) is 0 Å². The van der Waals surface area contributed by atoms with Gasteiger partial charge in [0, 0.05) is 23.7 Å². The zero-order valence-corrected chi connectivity index (χ0v) is 20.7. The first kappa shape index (κ1) is 23.9. The van der Waals surface area contributed by atoms with Crippen molar-refractivity contribution < 1.29 is 19.1 Å². The number of alkyl halides is 1. The van der Waals surface area contributed by atoms with Gasteiger partial charge < -0.3 is 9.47 Å². The summed E-state index contributed by atoms with van der Waals surface area (Å²) in [5.41, 5.74) is 0. The van der Waals surface area contributed by atoms with Gasteiger partial charge in [-0.2, -0.15) is 0 Å². The zero-order valence-electron chi connectivity index (χ0n) is 16.2. The van der Waals surface area contributed by atoms with Crippen LogP contribution in [0.15, 0.2) is 12.7 Å². The largest absolute Gasteiger partial charge is 0.465 e. The fourth-order valence-corrected chi connectivity index (χ4v) is 7.76. The Labute approximate surface area is 175 Å². The lowest BCUT2D eigenvalue weighted by atomic mass is 10.3. The van der Waals surface area contributed by atoms with Crippen LogP contribution in [0.3, 0.4) is 0 Å². The SMILES string of the molecule is C=CC(=O)OCCC[SiH]1CCC1.CCC(I)C(=O)OCCC[SiH]1CCC1. The molecule has 2 saturated heterocycles. The third-order valence-corrected chi connectivity index (χ3v) is 14.0. The molecule has 0 radical (unpaired) electrons. The Hall–Kier alpha value is -0.156. The van der Waals surface area contributed by atoms with Gasteiger partial charge in [0.05, 0.1) is 13.2 Å². The third-order valence-electron chi connectivity index (χ3n) is 5.23. The molecule has 2 rings (SSSR count). The van der Waals surface area contributed by atoms with E-state index in [1.54, 1.807) is 0 Å². The number of carbonyl (C=O) groups is 2. The standard InChI is InChI=1S/C10H19IO2Si.C9H16O2Si/c1-2-9(11)10(12)13-5-3-6-14-7-4-8-14;1-2-9(10)11-5-3-6-12-7-4-8-12/h9,14H,2-8H2,1H3;2,12H,1,3-8H2. The average Bonchev–Trinajstić information content (AvgIpc) is 2.57. The van der Waals surface area contributed by atoms with Crippen molar-refractivity contribution >= 4 is 52.1 Å². The fraction of sp³-hybridized carbons (Fsp3) is 0.789. The highest BCUT2D eigenvalue weighted by Gasteiger charge is 2.19. The van der Waals surface area contributed by atoms with Crippen LogP contribution < -0.4 is 0 Å². The molecule has 0 saturated carbocycles. The minimum Gasteiger partial charge on any atom is -0.465 e. The molecule has 2 aliphatic rings. The van der Waals surface area contributed by atoms with Gasteiger partial charge in [-0.25, -0.2) is 4.79 Å². The Morgan fingerprint density at radius 3 is 1.92 bits per heavy atom. The monoisotopic (exact) mass is 510 g/mol. The van der Waals surface area contributed by atoms with Gasteiger partial charge in [0.15, 0.2) is 0 Å². The number of esters is 2. The van der Waals surface area contributed by atoms with E-state index < -0.39 is 0 Å². The van der Waals surface area contributed by atoms with Crippen molar-refractivity contribution in [2.24, 2.45) is 0 Å². The molecule has 0 aromatic rings. The van der Waals surface area contributed by atoms with Gasteiger partial charge in [-0.05, 0) is 19.3 Å².